The summed E-state index contributed by atoms with van der Waals surface area (Å²) in [5.74, 6) is -1.19. The molecule has 3 aromatic rings. The van der Waals surface area contributed by atoms with Crippen LogP contribution in [0.2, 0.25) is 0 Å². The van der Waals surface area contributed by atoms with Crippen LogP contribution in [0.5, 0.6) is 0 Å². The molecule has 126 valence electrons. The van der Waals surface area contributed by atoms with E-state index in [4.69, 9.17) is 0 Å². The number of amides is 1. The van der Waals surface area contributed by atoms with Crippen LogP contribution in [0, 0.1) is 6.92 Å². The van der Waals surface area contributed by atoms with Crippen molar-refractivity contribution in [2.75, 3.05) is 0 Å². The summed E-state index contributed by atoms with van der Waals surface area (Å²) in [6.07, 6.45) is 5.07. The monoisotopic (exact) mass is 333 g/mol. The fourth-order valence-corrected chi connectivity index (χ4v) is 2.68. The third kappa shape index (κ3) is 3.66. The minimum absolute atomic E-state index is 0.356. The Labute approximate surface area is 146 Å². The quantitative estimate of drug-likeness (QED) is 0.577. The number of carbonyl (C=O) groups is 2. The average Bonchev–Trinajstić information content (AvgIpc) is 3.06. The van der Waals surface area contributed by atoms with Crippen LogP contribution in [0.1, 0.15) is 33.2 Å². The number of pyridine rings is 1. The van der Waals surface area contributed by atoms with Crippen LogP contribution in [-0.4, -0.2) is 21.2 Å². The lowest BCUT2D eigenvalue weighted by molar-refractivity contribution is -0.117. The van der Waals surface area contributed by atoms with Gasteiger partial charge in [-0.05, 0) is 42.3 Å². The van der Waals surface area contributed by atoms with Crippen LogP contribution in [0.15, 0.2) is 67.1 Å². The van der Waals surface area contributed by atoms with E-state index in [2.05, 4.69) is 10.3 Å². The number of aryl methyl sites for hydroxylation is 2. The van der Waals surface area contributed by atoms with Crippen molar-refractivity contribution in [1.82, 2.24) is 14.9 Å². The SMILES string of the molecule is Cc1ccc([C@@H](NC(=O)C(=O)c2cccn2C)c2ccncc2)cc1. The molecule has 1 atom stereocenters. The van der Waals surface area contributed by atoms with E-state index in [1.54, 1.807) is 42.3 Å². The molecule has 1 amide bonds. The van der Waals surface area contributed by atoms with Gasteiger partial charge in [0.2, 0.25) is 0 Å². The second-order valence-electron chi connectivity index (χ2n) is 5.93. The number of benzene rings is 1. The molecule has 2 aromatic heterocycles. The molecule has 2 heterocycles. The van der Waals surface area contributed by atoms with Crippen LogP contribution >= 0.6 is 0 Å². The Hall–Kier alpha value is -3.21. The number of nitrogens with zero attached hydrogens (tertiary/aromatic N) is 2. The Balaban J connectivity index is 1.90. The Morgan fingerprint density at radius 2 is 1.64 bits per heavy atom. The Morgan fingerprint density at radius 1 is 1.00 bits per heavy atom. The lowest BCUT2D eigenvalue weighted by Crippen LogP contribution is -2.35. The Bertz CT molecular complexity index is 883. The van der Waals surface area contributed by atoms with Crippen molar-refractivity contribution >= 4 is 11.7 Å². The first-order valence-electron chi connectivity index (χ1n) is 7.99. The predicted octanol–water partition coefficient (Wildman–Crippen LogP) is 2.82. The molecule has 0 fully saturated rings. The third-order valence-electron chi connectivity index (χ3n) is 4.11. The summed E-state index contributed by atoms with van der Waals surface area (Å²) in [7, 11) is 1.74. The van der Waals surface area contributed by atoms with E-state index >= 15 is 0 Å². The fraction of sp³-hybridized carbons (Fsp3) is 0.150. The van der Waals surface area contributed by atoms with E-state index in [0.29, 0.717) is 5.69 Å². The third-order valence-corrected chi connectivity index (χ3v) is 4.11. The maximum absolute atomic E-state index is 12.5. The summed E-state index contributed by atoms with van der Waals surface area (Å²) >= 11 is 0. The molecule has 0 bridgehead atoms. The highest BCUT2D eigenvalue weighted by molar-refractivity contribution is 6.42. The largest absolute Gasteiger partial charge is 0.348 e. The van der Waals surface area contributed by atoms with Gasteiger partial charge in [0.1, 0.15) is 0 Å². The molecule has 1 N–H and O–H groups in total. The van der Waals surface area contributed by atoms with Gasteiger partial charge in [0.05, 0.1) is 11.7 Å². The number of hydrogen-bond donors (Lipinski definition) is 1. The van der Waals surface area contributed by atoms with E-state index in [9.17, 15) is 9.59 Å². The minimum Gasteiger partial charge on any atom is -0.348 e. The molecule has 0 saturated carbocycles. The highest BCUT2D eigenvalue weighted by atomic mass is 16.2. The van der Waals surface area contributed by atoms with Crippen molar-refractivity contribution in [1.29, 1.82) is 0 Å². The summed E-state index contributed by atoms with van der Waals surface area (Å²) < 4.78 is 1.63. The standard InChI is InChI=1S/C20H19N3O2/c1-14-5-7-15(8-6-14)18(16-9-11-21-12-10-16)22-20(25)19(24)17-4-3-13-23(17)2/h3-13,18H,1-2H3,(H,22,25)/t18-/m1/s1. The van der Waals surface area contributed by atoms with Gasteiger partial charge in [0.15, 0.2) is 0 Å². The van der Waals surface area contributed by atoms with E-state index in [1.807, 2.05) is 43.3 Å². The average molecular weight is 333 g/mol. The van der Waals surface area contributed by atoms with Gasteiger partial charge in [0, 0.05) is 25.6 Å². The maximum atomic E-state index is 12.5. The van der Waals surface area contributed by atoms with Crippen molar-refractivity contribution in [2.45, 2.75) is 13.0 Å². The predicted molar refractivity (Wildman–Crippen MR) is 95.1 cm³/mol. The highest BCUT2D eigenvalue weighted by Crippen LogP contribution is 2.22. The first-order valence-corrected chi connectivity index (χ1v) is 7.99. The number of ketones is 1. The summed E-state index contributed by atoms with van der Waals surface area (Å²) in [6.45, 7) is 2.00. The first kappa shape index (κ1) is 16.6. The van der Waals surface area contributed by atoms with Crippen molar-refractivity contribution in [2.24, 2.45) is 7.05 Å². The van der Waals surface area contributed by atoms with Gasteiger partial charge in [-0.2, -0.15) is 0 Å². The number of carbonyl (C=O) groups excluding carboxylic acids is 2. The van der Waals surface area contributed by atoms with E-state index in [-0.39, 0.29) is 0 Å². The number of Topliss-reactive ketones (excluding diaryl/α,β-unsaturated/α-hetero) is 1. The summed E-state index contributed by atoms with van der Waals surface area (Å²) in [6, 6.07) is 14.5. The first-order chi connectivity index (χ1) is 12.1. The number of rotatable bonds is 5. The summed E-state index contributed by atoms with van der Waals surface area (Å²) in [5, 5.41) is 2.85. The minimum atomic E-state index is -0.635. The summed E-state index contributed by atoms with van der Waals surface area (Å²) in [4.78, 5) is 29.0. The van der Waals surface area contributed by atoms with Crippen molar-refractivity contribution in [3.8, 4) is 0 Å². The fourth-order valence-electron chi connectivity index (χ4n) is 2.68. The highest BCUT2D eigenvalue weighted by Gasteiger charge is 2.23. The van der Waals surface area contributed by atoms with Crippen LogP contribution < -0.4 is 5.32 Å². The van der Waals surface area contributed by atoms with Gasteiger partial charge in [0.25, 0.3) is 11.7 Å². The zero-order valence-electron chi connectivity index (χ0n) is 14.1. The lowest BCUT2D eigenvalue weighted by atomic mass is 9.98. The molecule has 5 heteroatoms. The zero-order valence-corrected chi connectivity index (χ0v) is 14.1. The maximum Gasteiger partial charge on any atom is 0.294 e. The van der Waals surface area contributed by atoms with Gasteiger partial charge < -0.3 is 9.88 Å². The summed E-state index contributed by atoms with van der Waals surface area (Å²) in [5.41, 5.74) is 3.26. The molecule has 0 aliphatic carbocycles. The van der Waals surface area contributed by atoms with E-state index < -0.39 is 17.7 Å². The zero-order chi connectivity index (χ0) is 17.8. The van der Waals surface area contributed by atoms with Crippen molar-refractivity contribution < 1.29 is 9.59 Å². The molecule has 5 nitrogen and oxygen atoms in total. The van der Waals surface area contributed by atoms with Crippen molar-refractivity contribution in [3.05, 3.63) is 89.5 Å². The molecule has 0 radical (unpaired) electrons. The van der Waals surface area contributed by atoms with Gasteiger partial charge >= 0.3 is 0 Å². The number of aromatic nitrogens is 2. The lowest BCUT2D eigenvalue weighted by Gasteiger charge is -2.19. The molecule has 25 heavy (non-hydrogen) atoms. The smallest absolute Gasteiger partial charge is 0.294 e. The van der Waals surface area contributed by atoms with Gasteiger partial charge in [-0.1, -0.05) is 29.8 Å². The van der Waals surface area contributed by atoms with Crippen LogP contribution in [0.4, 0.5) is 0 Å². The molecule has 3 rings (SSSR count). The number of nitrogens with one attached hydrogen (secondary N) is 1. The Morgan fingerprint density at radius 3 is 2.24 bits per heavy atom. The Kier molecular flexibility index (Phi) is 4.75. The van der Waals surface area contributed by atoms with E-state index in [1.165, 1.54) is 0 Å². The van der Waals surface area contributed by atoms with E-state index in [0.717, 1.165) is 16.7 Å². The molecule has 0 aliphatic heterocycles. The molecule has 0 saturated heterocycles. The van der Waals surface area contributed by atoms with Gasteiger partial charge in [-0.15, -0.1) is 0 Å². The molecule has 0 unspecified atom stereocenters. The molecule has 0 aliphatic rings. The molecule has 1 aromatic carbocycles. The second kappa shape index (κ2) is 7.13. The molecular formula is C20H19N3O2. The number of hydrogen-bond acceptors (Lipinski definition) is 3. The normalized spacial score (nSPS) is 11.8. The molecular weight excluding hydrogens is 314 g/mol. The second-order valence-corrected chi connectivity index (χ2v) is 5.93. The van der Waals surface area contributed by atoms with Crippen LogP contribution in [0.3, 0.4) is 0 Å². The molecule has 0 spiro atoms. The van der Waals surface area contributed by atoms with Gasteiger partial charge in [-0.25, -0.2) is 0 Å². The topological polar surface area (TPSA) is 64.0 Å². The van der Waals surface area contributed by atoms with Crippen LogP contribution in [0.25, 0.3) is 0 Å². The van der Waals surface area contributed by atoms with Crippen LogP contribution in [-0.2, 0) is 11.8 Å². The van der Waals surface area contributed by atoms with Crippen molar-refractivity contribution in [3.63, 3.8) is 0 Å². The van der Waals surface area contributed by atoms with Gasteiger partial charge in [-0.3, -0.25) is 14.6 Å².